The second-order valence-electron chi connectivity index (χ2n) is 4.60. The molecule has 94 valence electrons. The lowest BCUT2D eigenvalue weighted by Crippen LogP contribution is -2.37. The molecule has 0 amide bonds. The average molecular weight is 236 g/mol. The van der Waals surface area contributed by atoms with Crippen LogP contribution in [0.1, 0.15) is 25.8 Å². The van der Waals surface area contributed by atoms with Crippen molar-refractivity contribution in [2.75, 3.05) is 5.73 Å². The van der Waals surface area contributed by atoms with Gasteiger partial charge in [0.2, 0.25) is 0 Å². The molecule has 4 nitrogen and oxygen atoms in total. The number of hydrogen-bond acceptors (Lipinski definition) is 3. The summed E-state index contributed by atoms with van der Waals surface area (Å²) in [6.07, 6.45) is 0.613. The van der Waals surface area contributed by atoms with Gasteiger partial charge < -0.3 is 16.2 Å². The number of nitrogens with one attached hydrogen (secondary N) is 1. The Morgan fingerprint density at radius 1 is 1.41 bits per heavy atom. The number of carboxylic acids is 1. The third-order valence-corrected chi connectivity index (χ3v) is 2.60. The highest BCUT2D eigenvalue weighted by molar-refractivity contribution is 5.73. The van der Waals surface area contributed by atoms with Crippen LogP contribution in [-0.4, -0.2) is 17.1 Å². The Labute approximate surface area is 102 Å². The minimum absolute atomic E-state index is 0.344. The van der Waals surface area contributed by atoms with Crippen molar-refractivity contribution in [3.05, 3.63) is 29.8 Å². The van der Waals surface area contributed by atoms with E-state index in [1.165, 1.54) is 0 Å². The second kappa shape index (κ2) is 6.25. The number of benzene rings is 1. The molecule has 0 heterocycles. The summed E-state index contributed by atoms with van der Waals surface area (Å²) in [4.78, 5) is 11.0. The number of aliphatic carboxylic acids is 1. The van der Waals surface area contributed by atoms with Gasteiger partial charge in [0.1, 0.15) is 6.04 Å². The topological polar surface area (TPSA) is 75.3 Å². The van der Waals surface area contributed by atoms with Gasteiger partial charge in [0, 0.05) is 12.2 Å². The molecule has 0 fully saturated rings. The van der Waals surface area contributed by atoms with E-state index in [0.29, 0.717) is 24.6 Å². The van der Waals surface area contributed by atoms with Gasteiger partial charge in [-0.2, -0.15) is 0 Å². The van der Waals surface area contributed by atoms with E-state index >= 15 is 0 Å². The van der Waals surface area contributed by atoms with Crippen molar-refractivity contribution in [1.82, 2.24) is 5.32 Å². The molecule has 0 spiro atoms. The maximum atomic E-state index is 11.0. The van der Waals surface area contributed by atoms with Crippen LogP contribution in [0.15, 0.2) is 24.3 Å². The number of carbonyl (C=O) groups is 1. The van der Waals surface area contributed by atoms with Crippen molar-refractivity contribution >= 4 is 11.7 Å². The van der Waals surface area contributed by atoms with Crippen LogP contribution in [-0.2, 0) is 11.3 Å². The van der Waals surface area contributed by atoms with Crippen LogP contribution in [0.3, 0.4) is 0 Å². The number of rotatable bonds is 6. The first-order valence-corrected chi connectivity index (χ1v) is 5.80. The zero-order chi connectivity index (χ0) is 12.8. The van der Waals surface area contributed by atoms with Crippen LogP contribution in [0.5, 0.6) is 0 Å². The van der Waals surface area contributed by atoms with Crippen molar-refractivity contribution in [3.63, 3.8) is 0 Å². The van der Waals surface area contributed by atoms with Gasteiger partial charge in [0.05, 0.1) is 0 Å². The number of anilines is 1. The zero-order valence-corrected chi connectivity index (χ0v) is 10.3. The number of nitrogen functional groups attached to an aromatic ring is 1. The molecule has 0 aliphatic carbocycles. The first-order valence-electron chi connectivity index (χ1n) is 5.80. The summed E-state index contributed by atoms with van der Waals surface area (Å²) in [5, 5.41) is 12.1. The molecule has 0 radical (unpaired) electrons. The van der Waals surface area contributed by atoms with E-state index in [9.17, 15) is 4.79 Å². The molecule has 4 N–H and O–H groups in total. The van der Waals surface area contributed by atoms with E-state index in [0.717, 1.165) is 5.56 Å². The largest absolute Gasteiger partial charge is 0.480 e. The molecule has 1 aromatic carbocycles. The fourth-order valence-electron chi connectivity index (χ4n) is 1.67. The van der Waals surface area contributed by atoms with Gasteiger partial charge in [-0.1, -0.05) is 32.0 Å². The van der Waals surface area contributed by atoms with Gasteiger partial charge in [-0.05, 0) is 24.0 Å². The minimum atomic E-state index is -0.812. The Balaban J connectivity index is 2.58. The summed E-state index contributed by atoms with van der Waals surface area (Å²) in [6, 6.07) is 6.95. The Bertz CT molecular complexity index is 377. The number of hydrogen-bond donors (Lipinski definition) is 3. The third-order valence-electron chi connectivity index (χ3n) is 2.60. The van der Waals surface area contributed by atoms with Gasteiger partial charge in [-0.3, -0.25) is 4.79 Å². The molecule has 1 aromatic rings. The summed E-state index contributed by atoms with van der Waals surface area (Å²) >= 11 is 0. The predicted molar refractivity (Wildman–Crippen MR) is 68.6 cm³/mol. The molecule has 0 saturated heterocycles. The zero-order valence-electron chi connectivity index (χ0n) is 10.3. The van der Waals surface area contributed by atoms with Gasteiger partial charge in [-0.15, -0.1) is 0 Å². The monoisotopic (exact) mass is 236 g/mol. The van der Waals surface area contributed by atoms with E-state index in [1.54, 1.807) is 0 Å². The highest BCUT2D eigenvalue weighted by Gasteiger charge is 2.18. The molecule has 0 saturated carbocycles. The van der Waals surface area contributed by atoms with Crippen LogP contribution in [0.4, 0.5) is 5.69 Å². The molecule has 1 unspecified atom stereocenters. The Morgan fingerprint density at radius 3 is 2.59 bits per heavy atom. The van der Waals surface area contributed by atoms with Crippen LogP contribution in [0.2, 0.25) is 0 Å². The molecule has 0 aliphatic rings. The van der Waals surface area contributed by atoms with E-state index in [4.69, 9.17) is 10.8 Å². The van der Waals surface area contributed by atoms with Gasteiger partial charge >= 0.3 is 5.97 Å². The predicted octanol–water partition coefficient (Wildman–Crippen LogP) is 1.86. The standard InChI is InChI=1S/C13H20N2O2/c1-9(2)7-12(13(16)17)15-8-10-5-3-4-6-11(10)14/h3-6,9,12,15H,7-8,14H2,1-2H3,(H,16,17). The molecule has 4 heteroatoms. The fraction of sp³-hybridized carbons (Fsp3) is 0.462. The highest BCUT2D eigenvalue weighted by Crippen LogP contribution is 2.11. The van der Waals surface area contributed by atoms with E-state index in [1.807, 2.05) is 38.1 Å². The Morgan fingerprint density at radius 2 is 2.06 bits per heavy atom. The highest BCUT2D eigenvalue weighted by atomic mass is 16.4. The summed E-state index contributed by atoms with van der Waals surface area (Å²) in [5.74, 6) is -0.468. The normalized spacial score (nSPS) is 12.6. The second-order valence-corrected chi connectivity index (χ2v) is 4.60. The summed E-state index contributed by atoms with van der Waals surface area (Å²) in [7, 11) is 0. The van der Waals surface area contributed by atoms with Gasteiger partial charge in [0.25, 0.3) is 0 Å². The fourth-order valence-corrected chi connectivity index (χ4v) is 1.67. The van der Waals surface area contributed by atoms with Crippen molar-refractivity contribution in [2.45, 2.75) is 32.9 Å². The maximum Gasteiger partial charge on any atom is 0.320 e. The molecular weight excluding hydrogens is 216 g/mol. The van der Waals surface area contributed by atoms with Crippen LogP contribution in [0.25, 0.3) is 0 Å². The SMILES string of the molecule is CC(C)CC(NCc1ccccc1N)C(=O)O. The van der Waals surface area contributed by atoms with Crippen molar-refractivity contribution in [3.8, 4) is 0 Å². The van der Waals surface area contributed by atoms with E-state index < -0.39 is 12.0 Å². The van der Waals surface area contributed by atoms with Crippen LogP contribution >= 0.6 is 0 Å². The van der Waals surface area contributed by atoms with Gasteiger partial charge in [-0.25, -0.2) is 0 Å². The molecule has 0 aromatic heterocycles. The molecular formula is C13H20N2O2. The smallest absolute Gasteiger partial charge is 0.320 e. The first kappa shape index (κ1) is 13.5. The lowest BCUT2D eigenvalue weighted by Gasteiger charge is -2.17. The molecule has 17 heavy (non-hydrogen) atoms. The molecule has 1 rings (SSSR count). The van der Waals surface area contributed by atoms with Crippen molar-refractivity contribution in [1.29, 1.82) is 0 Å². The Hall–Kier alpha value is -1.55. The third kappa shape index (κ3) is 4.44. The maximum absolute atomic E-state index is 11.0. The van der Waals surface area contributed by atoms with Crippen LogP contribution in [0, 0.1) is 5.92 Å². The number of para-hydroxylation sites is 1. The molecule has 0 aliphatic heterocycles. The molecule has 0 bridgehead atoms. The number of carboxylic acid groups (broad SMARTS) is 1. The van der Waals surface area contributed by atoms with Crippen molar-refractivity contribution in [2.24, 2.45) is 5.92 Å². The molecule has 1 atom stereocenters. The summed E-state index contributed by atoms with van der Waals surface area (Å²) < 4.78 is 0. The van der Waals surface area contributed by atoms with Crippen LogP contribution < -0.4 is 11.1 Å². The van der Waals surface area contributed by atoms with Gasteiger partial charge in [0.15, 0.2) is 0 Å². The Kier molecular flexibility index (Phi) is 4.97. The van der Waals surface area contributed by atoms with E-state index in [2.05, 4.69) is 5.32 Å². The quantitative estimate of drug-likeness (QED) is 0.659. The average Bonchev–Trinajstić information content (AvgIpc) is 2.25. The first-order chi connectivity index (χ1) is 8.00. The summed E-state index contributed by atoms with van der Waals surface area (Å²) in [5.41, 5.74) is 7.42. The van der Waals surface area contributed by atoms with Crippen molar-refractivity contribution < 1.29 is 9.90 Å². The minimum Gasteiger partial charge on any atom is -0.480 e. The lowest BCUT2D eigenvalue weighted by atomic mass is 10.0. The summed E-state index contributed by atoms with van der Waals surface area (Å²) in [6.45, 7) is 4.50. The van der Waals surface area contributed by atoms with E-state index in [-0.39, 0.29) is 0 Å². The number of nitrogens with two attached hydrogens (primary N) is 1. The lowest BCUT2D eigenvalue weighted by molar-refractivity contribution is -0.140.